The van der Waals surface area contributed by atoms with E-state index in [1.807, 2.05) is 12.1 Å². The molecule has 94 valence electrons. The van der Waals surface area contributed by atoms with E-state index in [9.17, 15) is 4.39 Å². The summed E-state index contributed by atoms with van der Waals surface area (Å²) in [6.45, 7) is 2.29. The van der Waals surface area contributed by atoms with Crippen LogP contribution in [-0.4, -0.2) is 4.98 Å². The van der Waals surface area contributed by atoms with Crippen molar-refractivity contribution in [1.82, 2.24) is 4.98 Å². The van der Waals surface area contributed by atoms with Crippen molar-refractivity contribution in [1.29, 1.82) is 0 Å². The van der Waals surface area contributed by atoms with Crippen LogP contribution in [0.3, 0.4) is 0 Å². The zero-order valence-corrected chi connectivity index (χ0v) is 12.8. The van der Waals surface area contributed by atoms with Crippen LogP contribution < -0.4 is 5.32 Å². The molecule has 0 fully saturated rings. The number of benzene rings is 1. The van der Waals surface area contributed by atoms with Crippen molar-refractivity contribution < 1.29 is 4.39 Å². The molecule has 0 bridgehead atoms. The maximum absolute atomic E-state index is 13.4. The largest absolute Gasteiger partial charge is 0.379 e. The molecule has 0 aliphatic rings. The van der Waals surface area contributed by atoms with Crippen molar-refractivity contribution in [3.8, 4) is 0 Å². The van der Waals surface area contributed by atoms with Gasteiger partial charge in [0.25, 0.3) is 0 Å². The Labute approximate surface area is 122 Å². The summed E-state index contributed by atoms with van der Waals surface area (Å²) in [6, 6.07) is 6.93. The predicted octanol–water partition coefficient (Wildman–Crippen LogP) is 4.67. The summed E-state index contributed by atoms with van der Waals surface area (Å²) in [5.41, 5.74) is 2.28. The van der Waals surface area contributed by atoms with E-state index in [-0.39, 0.29) is 5.82 Å². The van der Waals surface area contributed by atoms with Gasteiger partial charge in [-0.05, 0) is 57.0 Å². The van der Waals surface area contributed by atoms with E-state index < -0.39 is 0 Å². The van der Waals surface area contributed by atoms with Crippen molar-refractivity contribution >= 4 is 37.5 Å². The third-order valence-corrected chi connectivity index (χ3v) is 3.72. The summed E-state index contributed by atoms with van der Waals surface area (Å²) in [6.07, 6.45) is 1.74. The average Bonchev–Trinajstić information content (AvgIpc) is 2.33. The highest BCUT2D eigenvalue weighted by molar-refractivity contribution is 9.11. The summed E-state index contributed by atoms with van der Waals surface area (Å²) < 4.78 is 15.2. The molecule has 2 rings (SSSR count). The number of hydrogen-bond donors (Lipinski definition) is 1. The minimum atomic E-state index is -0.206. The highest BCUT2D eigenvalue weighted by Crippen LogP contribution is 2.22. The molecule has 0 aliphatic heterocycles. The molecular formula is C13H11Br2FN2. The van der Waals surface area contributed by atoms with Gasteiger partial charge in [0.1, 0.15) is 5.82 Å². The van der Waals surface area contributed by atoms with Gasteiger partial charge in [0.15, 0.2) is 0 Å². The first-order valence-corrected chi connectivity index (χ1v) is 6.95. The van der Waals surface area contributed by atoms with Crippen LogP contribution >= 0.6 is 31.9 Å². The van der Waals surface area contributed by atoms with Crippen LogP contribution in [-0.2, 0) is 6.54 Å². The summed E-state index contributed by atoms with van der Waals surface area (Å²) in [7, 11) is 0. The topological polar surface area (TPSA) is 24.9 Å². The molecule has 0 atom stereocenters. The molecule has 1 aromatic heterocycles. The highest BCUT2D eigenvalue weighted by atomic mass is 79.9. The quantitative estimate of drug-likeness (QED) is 0.845. The van der Waals surface area contributed by atoms with Gasteiger partial charge in [0, 0.05) is 26.4 Å². The monoisotopic (exact) mass is 372 g/mol. The zero-order valence-electron chi connectivity index (χ0n) is 9.67. The van der Waals surface area contributed by atoms with Crippen molar-refractivity contribution in [2.75, 3.05) is 5.32 Å². The SMILES string of the molecule is Cc1c(F)cccc1NCc1ncc(Br)cc1Br. The molecule has 0 saturated heterocycles. The van der Waals surface area contributed by atoms with Crippen molar-refractivity contribution in [3.63, 3.8) is 0 Å². The molecule has 0 unspecified atom stereocenters. The van der Waals surface area contributed by atoms with Crippen LogP contribution in [0.1, 0.15) is 11.3 Å². The van der Waals surface area contributed by atoms with E-state index in [0.717, 1.165) is 20.3 Å². The fraction of sp³-hybridized carbons (Fsp3) is 0.154. The van der Waals surface area contributed by atoms with Gasteiger partial charge < -0.3 is 5.32 Å². The number of rotatable bonds is 3. The number of aromatic nitrogens is 1. The van der Waals surface area contributed by atoms with Crippen molar-refractivity contribution in [2.45, 2.75) is 13.5 Å². The third kappa shape index (κ3) is 3.09. The molecule has 18 heavy (non-hydrogen) atoms. The summed E-state index contributed by atoms with van der Waals surface area (Å²) in [5.74, 6) is -0.206. The molecule has 2 aromatic rings. The Balaban J connectivity index is 2.14. The molecular weight excluding hydrogens is 363 g/mol. The van der Waals surface area contributed by atoms with Gasteiger partial charge in [-0.1, -0.05) is 6.07 Å². The average molecular weight is 374 g/mol. The second kappa shape index (κ2) is 5.80. The first kappa shape index (κ1) is 13.5. The Morgan fingerprint density at radius 3 is 2.83 bits per heavy atom. The molecule has 5 heteroatoms. The van der Waals surface area contributed by atoms with E-state index in [4.69, 9.17) is 0 Å². The van der Waals surface area contributed by atoms with E-state index in [1.165, 1.54) is 6.07 Å². The highest BCUT2D eigenvalue weighted by Gasteiger charge is 2.05. The minimum absolute atomic E-state index is 0.206. The summed E-state index contributed by atoms with van der Waals surface area (Å²) in [5, 5.41) is 3.18. The molecule has 0 spiro atoms. The molecule has 1 heterocycles. The molecule has 2 nitrogen and oxygen atoms in total. The number of pyridine rings is 1. The maximum Gasteiger partial charge on any atom is 0.128 e. The van der Waals surface area contributed by atoms with Gasteiger partial charge in [0.2, 0.25) is 0 Å². The van der Waals surface area contributed by atoms with Gasteiger partial charge in [-0.15, -0.1) is 0 Å². The van der Waals surface area contributed by atoms with Crippen molar-refractivity contribution in [3.05, 3.63) is 56.5 Å². The Morgan fingerprint density at radius 1 is 1.33 bits per heavy atom. The smallest absolute Gasteiger partial charge is 0.128 e. The summed E-state index contributed by atoms with van der Waals surface area (Å²) >= 11 is 6.80. The van der Waals surface area contributed by atoms with E-state index in [0.29, 0.717) is 12.1 Å². The van der Waals surface area contributed by atoms with Gasteiger partial charge in [-0.2, -0.15) is 0 Å². The Bertz CT molecular complexity index is 573. The Hall–Kier alpha value is -0.940. The fourth-order valence-electron chi connectivity index (χ4n) is 1.55. The first-order valence-electron chi connectivity index (χ1n) is 5.37. The molecule has 1 aromatic carbocycles. The number of nitrogens with zero attached hydrogens (tertiary/aromatic N) is 1. The lowest BCUT2D eigenvalue weighted by atomic mass is 10.2. The standard InChI is InChI=1S/C13H11Br2FN2/c1-8-11(16)3-2-4-12(8)18-7-13-10(15)5-9(14)6-17-13/h2-6,18H,7H2,1H3. The van der Waals surface area contributed by atoms with Crippen LogP contribution in [0, 0.1) is 12.7 Å². The van der Waals surface area contributed by atoms with E-state index >= 15 is 0 Å². The Morgan fingerprint density at radius 2 is 2.11 bits per heavy atom. The van der Waals surface area contributed by atoms with Crippen LogP contribution in [0.25, 0.3) is 0 Å². The maximum atomic E-state index is 13.4. The lowest BCUT2D eigenvalue weighted by molar-refractivity contribution is 0.619. The Kier molecular flexibility index (Phi) is 4.35. The first-order chi connectivity index (χ1) is 8.58. The van der Waals surface area contributed by atoms with Gasteiger partial charge in [0.05, 0.1) is 12.2 Å². The lowest BCUT2D eigenvalue weighted by Crippen LogP contribution is -2.04. The van der Waals surface area contributed by atoms with Crippen molar-refractivity contribution in [2.24, 2.45) is 0 Å². The summed E-state index contributed by atoms with van der Waals surface area (Å²) in [4.78, 5) is 4.29. The molecule has 1 N–H and O–H groups in total. The second-order valence-corrected chi connectivity index (χ2v) is 5.62. The van der Waals surface area contributed by atoms with Crippen LogP contribution in [0.2, 0.25) is 0 Å². The van der Waals surface area contributed by atoms with Gasteiger partial charge in [-0.25, -0.2) is 4.39 Å². The predicted molar refractivity (Wildman–Crippen MR) is 78.1 cm³/mol. The molecule has 0 radical (unpaired) electrons. The zero-order chi connectivity index (χ0) is 13.1. The van der Waals surface area contributed by atoms with Crippen LogP contribution in [0.5, 0.6) is 0 Å². The van der Waals surface area contributed by atoms with Crippen LogP contribution in [0.4, 0.5) is 10.1 Å². The number of halogens is 3. The fourth-order valence-corrected chi connectivity index (χ4v) is 2.68. The lowest BCUT2D eigenvalue weighted by Gasteiger charge is -2.10. The number of hydrogen-bond acceptors (Lipinski definition) is 2. The van der Waals surface area contributed by atoms with Crippen LogP contribution in [0.15, 0.2) is 39.4 Å². The minimum Gasteiger partial charge on any atom is -0.379 e. The molecule has 0 saturated carbocycles. The second-order valence-electron chi connectivity index (χ2n) is 3.85. The normalized spacial score (nSPS) is 10.4. The number of nitrogens with one attached hydrogen (secondary N) is 1. The van der Waals surface area contributed by atoms with Gasteiger partial charge >= 0.3 is 0 Å². The third-order valence-electron chi connectivity index (χ3n) is 2.60. The van der Waals surface area contributed by atoms with Gasteiger partial charge in [-0.3, -0.25) is 4.98 Å². The molecule has 0 amide bonds. The molecule has 0 aliphatic carbocycles. The number of anilines is 1. The van der Waals surface area contributed by atoms with E-state index in [1.54, 1.807) is 19.2 Å². The van der Waals surface area contributed by atoms with E-state index in [2.05, 4.69) is 42.2 Å².